The first-order valence-electron chi connectivity index (χ1n) is 10.1. The van der Waals surface area contributed by atoms with Gasteiger partial charge in [0.05, 0.1) is 12.3 Å². The largest absolute Gasteiger partial charge is 0.368 e. The van der Waals surface area contributed by atoms with Crippen LogP contribution in [0.15, 0.2) is 36.5 Å². The quantitative estimate of drug-likeness (QED) is 0.821. The zero-order chi connectivity index (χ0) is 18.3. The highest BCUT2D eigenvalue weighted by Gasteiger charge is 2.44. The summed E-state index contributed by atoms with van der Waals surface area (Å²) >= 11 is 0. The van der Waals surface area contributed by atoms with Crippen molar-refractivity contribution >= 4 is 5.91 Å². The molecule has 1 saturated heterocycles. The monoisotopic (exact) mass is 363 g/mol. The van der Waals surface area contributed by atoms with Crippen LogP contribution in [0.4, 0.5) is 0 Å². The van der Waals surface area contributed by atoms with E-state index in [1.807, 2.05) is 41.4 Å². The highest BCUT2D eigenvalue weighted by Crippen LogP contribution is 2.41. The van der Waals surface area contributed by atoms with Crippen molar-refractivity contribution in [3.8, 4) is 11.4 Å². The number of benzene rings is 1. The van der Waals surface area contributed by atoms with Crippen LogP contribution in [0.2, 0.25) is 0 Å². The molecule has 1 aliphatic carbocycles. The second-order valence-corrected chi connectivity index (χ2v) is 7.98. The number of likely N-dealkylation sites (tertiary alicyclic amines) is 1. The molecule has 1 saturated carbocycles. The SMILES string of the molecule is O=C(C1CCC1)N1CCC2(CC1)OCCc1cnc(-c3ccccc3)nc12. The van der Waals surface area contributed by atoms with Crippen LogP contribution in [0, 0.1) is 5.92 Å². The zero-order valence-corrected chi connectivity index (χ0v) is 15.6. The maximum Gasteiger partial charge on any atom is 0.225 e. The molecule has 0 bridgehead atoms. The summed E-state index contributed by atoms with van der Waals surface area (Å²) in [4.78, 5) is 24.2. The molecule has 1 aromatic carbocycles. The molecule has 27 heavy (non-hydrogen) atoms. The van der Waals surface area contributed by atoms with E-state index in [4.69, 9.17) is 9.72 Å². The predicted octanol–water partition coefficient (Wildman–Crippen LogP) is 3.33. The number of nitrogens with zero attached hydrogens (tertiary/aromatic N) is 3. The van der Waals surface area contributed by atoms with Crippen LogP contribution < -0.4 is 0 Å². The summed E-state index contributed by atoms with van der Waals surface area (Å²) in [5.41, 5.74) is 2.90. The number of fused-ring (bicyclic) bond motifs is 2. The summed E-state index contributed by atoms with van der Waals surface area (Å²) in [6.45, 7) is 2.23. The maximum absolute atomic E-state index is 12.6. The van der Waals surface area contributed by atoms with E-state index >= 15 is 0 Å². The third kappa shape index (κ3) is 2.94. The summed E-state index contributed by atoms with van der Waals surface area (Å²) in [5.74, 6) is 1.37. The van der Waals surface area contributed by atoms with E-state index in [0.717, 1.165) is 62.3 Å². The minimum absolute atomic E-state index is 0.269. The molecule has 1 aromatic heterocycles. The van der Waals surface area contributed by atoms with Crippen LogP contribution in [-0.2, 0) is 21.6 Å². The smallest absolute Gasteiger partial charge is 0.225 e. The molecule has 5 heteroatoms. The Bertz CT molecular complexity index is 840. The van der Waals surface area contributed by atoms with Crippen molar-refractivity contribution in [2.75, 3.05) is 19.7 Å². The topological polar surface area (TPSA) is 55.3 Å². The van der Waals surface area contributed by atoms with Crippen molar-refractivity contribution in [2.24, 2.45) is 5.92 Å². The Morgan fingerprint density at radius 2 is 1.93 bits per heavy atom. The Labute approximate surface area is 159 Å². The molecule has 1 amide bonds. The first kappa shape index (κ1) is 16.9. The highest BCUT2D eigenvalue weighted by molar-refractivity contribution is 5.79. The first-order chi connectivity index (χ1) is 13.3. The minimum Gasteiger partial charge on any atom is -0.368 e. The fourth-order valence-corrected chi connectivity index (χ4v) is 4.52. The van der Waals surface area contributed by atoms with Gasteiger partial charge in [-0.3, -0.25) is 4.79 Å². The number of rotatable bonds is 2. The molecule has 5 nitrogen and oxygen atoms in total. The number of hydrogen-bond donors (Lipinski definition) is 0. The predicted molar refractivity (Wildman–Crippen MR) is 102 cm³/mol. The van der Waals surface area contributed by atoms with Crippen LogP contribution in [0.1, 0.15) is 43.4 Å². The number of hydrogen-bond acceptors (Lipinski definition) is 4. The van der Waals surface area contributed by atoms with Gasteiger partial charge in [-0.2, -0.15) is 0 Å². The van der Waals surface area contributed by atoms with Gasteiger partial charge in [-0.05, 0) is 37.7 Å². The van der Waals surface area contributed by atoms with Gasteiger partial charge in [0.25, 0.3) is 0 Å². The van der Waals surface area contributed by atoms with Crippen molar-refractivity contribution in [1.29, 1.82) is 0 Å². The Hall–Kier alpha value is -2.27. The molecule has 2 aromatic rings. The van der Waals surface area contributed by atoms with Crippen molar-refractivity contribution in [3.63, 3.8) is 0 Å². The lowest BCUT2D eigenvalue weighted by atomic mass is 9.81. The summed E-state index contributed by atoms with van der Waals surface area (Å²) in [6, 6.07) is 10.1. The average Bonchev–Trinajstić information content (AvgIpc) is 2.68. The second kappa shape index (κ2) is 6.71. The summed E-state index contributed by atoms with van der Waals surface area (Å²) in [5, 5.41) is 0. The maximum atomic E-state index is 12.6. The number of carbonyl (C=O) groups excluding carboxylic acids is 1. The van der Waals surface area contributed by atoms with Gasteiger partial charge in [0.1, 0.15) is 5.60 Å². The lowest BCUT2D eigenvalue weighted by molar-refractivity contribution is -0.147. The molecule has 5 rings (SSSR count). The van der Waals surface area contributed by atoms with Gasteiger partial charge in [-0.1, -0.05) is 36.8 Å². The van der Waals surface area contributed by atoms with E-state index in [1.165, 1.54) is 12.0 Å². The van der Waals surface area contributed by atoms with Crippen molar-refractivity contribution in [3.05, 3.63) is 47.8 Å². The Balaban J connectivity index is 1.41. The molecular formula is C22H25N3O2. The van der Waals surface area contributed by atoms with Gasteiger partial charge in [0.2, 0.25) is 5.91 Å². The van der Waals surface area contributed by atoms with E-state index in [0.29, 0.717) is 12.5 Å². The molecule has 2 fully saturated rings. The van der Waals surface area contributed by atoms with Crippen molar-refractivity contribution < 1.29 is 9.53 Å². The molecule has 1 spiro atoms. The van der Waals surface area contributed by atoms with Crippen LogP contribution in [-0.4, -0.2) is 40.5 Å². The number of amides is 1. The number of ether oxygens (including phenoxy) is 1. The number of aromatic nitrogens is 2. The molecule has 3 aliphatic rings. The van der Waals surface area contributed by atoms with Crippen LogP contribution in [0.25, 0.3) is 11.4 Å². The molecule has 3 heterocycles. The Kier molecular flexibility index (Phi) is 4.20. The summed E-state index contributed by atoms with van der Waals surface area (Å²) in [6.07, 6.45) is 7.80. The zero-order valence-electron chi connectivity index (χ0n) is 15.6. The van der Waals surface area contributed by atoms with Crippen LogP contribution >= 0.6 is 0 Å². The number of piperidine rings is 1. The van der Waals surface area contributed by atoms with E-state index in [9.17, 15) is 4.79 Å². The molecule has 0 N–H and O–H groups in total. The second-order valence-electron chi connectivity index (χ2n) is 7.98. The third-order valence-electron chi connectivity index (χ3n) is 6.42. The van der Waals surface area contributed by atoms with Gasteiger partial charge in [0.15, 0.2) is 5.82 Å². The van der Waals surface area contributed by atoms with Crippen LogP contribution in [0.5, 0.6) is 0 Å². The first-order valence-corrected chi connectivity index (χ1v) is 10.1. The fourth-order valence-electron chi connectivity index (χ4n) is 4.52. The molecular weight excluding hydrogens is 338 g/mol. The molecule has 0 atom stereocenters. The fraction of sp³-hybridized carbons (Fsp3) is 0.500. The van der Waals surface area contributed by atoms with E-state index in [1.54, 1.807) is 0 Å². The van der Waals surface area contributed by atoms with E-state index in [-0.39, 0.29) is 11.5 Å². The number of carbonyl (C=O) groups is 1. The van der Waals surface area contributed by atoms with E-state index < -0.39 is 0 Å². The van der Waals surface area contributed by atoms with Crippen molar-refractivity contribution in [2.45, 2.75) is 44.1 Å². The van der Waals surface area contributed by atoms with Gasteiger partial charge in [-0.15, -0.1) is 0 Å². The van der Waals surface area contributed by atoms with Gasteiger partial charge in [-0.25, -0.2) is 9.97 Å². The molecule has 0 unspecified atom stereocenters. The van der Waals surface area contributed by atoms with Gasteiger partial charge < -0.3 is 9.64 Å². The van der Waals surface area contributed by atoms with Crippen molar-refractivity contribution in [1.82, 2.24) is 14.9 Å². The van der Waals surface area contributed by atoms with Gasteiger partial charge >= 0.3 is 0 Å². The lowest BCUT2D eigenvalue weighted by Gasteiger charge is -2.45. The minimum atomic E-state index is -0.365. The Morgan fingerprint density at radius 3 is 2.63 bits per heavy atom. The normalized spacial score (nSPS) is 21.6. The van der Waals surface area contributed by atoms with Crippen LogP contribution in [0.3, 0.4) is 0 Å². The molecule has 2 aliphatic heterocycles. The summed E-state index contributed by atoms with van der Waals surface area (Å²) < 4.78 is 6.32. The highest BCUT2D eigenvalue weighted by atomic mass is 16.5. The average molecular weight is 363 g/mol. The molecule has 140 valence electrons. The lowest BCUT2D eigenvalue weighted by Crippen LogP contribution is -2.50. The third-order valence-corrected chi connectivity index (χ3v) is 6.42. The van der Waals surface area contributed by atoms with Gasteiger partial charge in [0, 0.05) is 30.8 Å². The Morgan fingerprint density at radius 1 is 1.15 bits per heavy atom. The summed E-state index contributed by atoms with van der Waals surface area (Å²) in [7, 11) is 0. The van der Waals surface area contributed by atoms with E-state index in [2.05, 4.69) is 4.98 Å². The molecule has 0 radical (unpaired) electrons. The standard InChI is InChI=1S/C22H25N3O2/c26-21(17-7-4-8-17)25-12-10-22(11-13-25)19-18(9-14-27-22)15-23-20(24-19)16-5-2-1-3-6-16/h1-3,5-6,15,17H,4,7-14H2.